The highest BCUT2D eigenvalue weighted by atomic mass is 16.5. The van der Waals surface area contributed by atoms with Gasteiger partial charge in [0.15, 0.2) is 0 Å². The van der Waals surface area contributed by atoms with Crippen molar-refractivity contribution < 1.29 is 14.3 Å². The molecule has 4 rings (SSSR count). The van der Waals surface area contributed by atoms with E-state index in [-0.39, 0.29) is 23.8 Å². The molecule has 1 aromatic rings. The van der Waals surface area contributed by atoms with Gasteiger partial charge in [0.1, 0.15) is 0 Å². The minimum atomic E-state index is -0.184. The van der Waals surface area contributed by atoms with Gasteiger partial charge in [-0.2, -0.15) is 5.10 Å². The van der Waals surface area contributed by atoms with Gasteiger partial charge in [0, 0.05) is 18.3 Å². The predicted octanol–water partition coefficient (Wildman–Crippen LogP) is 2.97. The Kier molecular flexibility index (Phi) is 5.16. The van der Waals surface area contributed by atoms with Crippen LogP contribution >= 0.6 is 0 Å². The van der Waals surface area contributed by atoms with E-state index in [0.29, 0.717) is 17.5 Å². The molecule has 0 spiro atoms. The zero-order valence-electron chi connectivity index (χ0n) is 15.7. The summed E-state index contributed by atoms with van der Waals surface area (Å²) >= 11 is 0. The van der Waals surface area contributed by atoms with E-state index >= 15 is 0 Å². The van der Waals surface area contributed by atoms with Crippen molar-refractivity contribution in [3.8, 4) is 0 Å². The maximum Gasteiger partial charge on any atom is 0.310 e. The lowest BCUT2D eigenvalue weighted by atomic mass is 9.72. The molecule has 3 aliphatic rings. The molecule has 6 heteroatoms. The van der Waals surface area contributed by atoms with Crippen molar-refractivity contribution >= 4 is 11.9 Å². The molecule has 25 heavy (non-hydrogen) atoms. The van der Waals surface area contributed by atoms with E-state index in [1.54, 1.807) is 6.20 Å². The molecule has 1 aromatic heterocycles. The molecule has 2 bridgehead atoms. The Hall–Kier alpha value is -1.85. The van der Waals surface area contributed by atoms with Crippen LogP contribution in [-0.2, 0) is 9.53 Å². The number of piperidine rings is 2. The van der Waals surface area contributed by atoms with E-state index < -0.39 is 0 Å². The number of nitrogens with zero attached hydrogens (tertiary/aromatic N) is 3. The smallest absolute Gasteiger partial charge is 0.310 e. The SMILES string of the molecule is CCC(CC)n1ncc(C(=O)N2C[C@H]3CC[C@H]2[C@@H](C(=O)OC)C3)c1C. The number of amides is 1. The fourth-order valence-electron chi connectivity index (χ4n) is 4.62. The lowest BCUT2D eigenvalue weighted by molar-refractivity contribution is -0.152. The van der Waals surface area contributed by atoms with Gasteiger partial charge in [0.25, 0.3) is 5.91 Å². The van der Waals surface area contributed by atoms with Crippen LogP contribution in [-0.4, -0.2) is 46.3 Å². The average molecular weight is 347 g/mol. The molecule has 3 atom stereocenters. The van der Waals surface area contributed by atoms with Crippen LogP contribution < -0.4 is 0 Å². The molecule has 2 saturated heterocycles. The first-order chi connectivity index (χ1) is 12.0. The molecule has 2 aliphatic heterocycles. The Balaban J connectivity index is 1.85. The highest BCUT2D eigenvalue weighted by molar-refractivity contribution is 5.96. The van der Waals surface area contributed by atoms with Crippen LogP contribution in [0.5, 0.6) is 0 Å². The molecule has 138 valence electrons. The van der Waals surface area contributed by atoms with Crippen LogP contribution in [0.3, 0.4) is 0 Å². The molecular formula is C19H29N3O3. The van der Waals surface area contributed by atoms with Crippen LogP contribution in [0.4, 0.5) is 0 Å². The first-order valence-corrected chi connectivity index (χ1v) is 9.44. The van der Waals surface area contributed by atoms with E-state index in [0.717, 1.165) is 44.3 Å². The maximum absolute atomic E-state index is 13.2. The second-order valence-corrected chi connectivity index (χ2v) is 7.39. The highest BCUT2D eigenvalue weighted by Gasteiger charge is 2.46. The van der Waals surface area contributed by atoms with Crippen molar-refractivity contribution in [2.45, 2.75) is 65.0 Å². The summed E-state index contributed by atoms with van der Waals surface area (Å²) in [5.74, 6) is 0.0397. The van der Waals surface area contributed by atoms with Gasteiger partial charge in [-0.1, -0.05) is 13.8 Å². The number of fused-ring (bicyclic) bond motifs is 3. The number of esters is 1. The number of ether oxygens (including phenoxy) is 1. The fraction of sp³-hybridized carbons (Fsp3) is 0.737. The maximum atomic E-state index is 13.2. The summed E-state index contributed by atoms with van der Waals surface area (Å²) < 4.78 is 6.95. The Bertz CT molecular complexity index is 650. The van der Waals surface area contributed by atoms with Crippen LogP contribution in [0.25, 0.3) is 0 Å². The normalized spacial score (nSPS) is 25.5. The van der Waals surface area contributed by atoms with Gasteiger partial charge >= 0.3 is 5.97 Å². The third kappa shape index (κ3) is 3.07. The molecule has 3 fully saturated rings. The molecule has 0 N–H and O–H groups in total. The monoisotopic (exact) mass is 347 g/mol. The zero-order valence-corrected chi connectivity index (χ0v) is 15.7. The number of rotatable bonds is 5. The second kappa shape index (κ2) is 7.18. The van der Waals surface area contributed by atoms with Gasteiger partial charge in [-0.05, 0) is 44.9 Å². The topological polar surface area (TPSA) is 64.4 Å². The number of methoxy groups -OCH3 is 1. The number of hydrogen-bond acceptors (Lipinski definition) is 4. The predicted molar refractivity (Wildman–Crippen MR) is 94.3 cm³/mol. The van der Waals surface area contributed by atoms with E-state index in [1.165, 1.54) is 7.11 Å². The van der Waals surface area contributed by atoms with Gasteiger partial charge in [-0.15, -0.1) is 0 Å². The van der Waals surface area contributed by atoms with Crippen LogP contribution in [0.15, 0.2) is 6.20 Å². The van der Waals surface area contributed by atoms with Crippen LogP contribution in [0.2, 0.25) is 0 Å². The summed E-state index contributed by atoms with van der Waals surface area (Å²) in [6.45, 7) is 6.99. The molecule has 6 nitrogen and oxygen atoms in total. The first kappa shape index (κ1) is 18.0. The summed E-state index contributed by atoms with van der Waals surface area (Å²) in [5, 5.41) is 4.48. The molecule has 0 aromatic carbocycles. The van der Waals surface area contributed by atoms with Crippen LogP contribution in [0.1, 0.15) is 68.0 Å². The molecule has 3 heterocycles. The van der Waals surface area contributed by atoms with E-state index in [1.807, 2.05) is 16.5 Å². The van der Waals surface area contributed by atoms with E-state index in [2.05, 4.69) is 18.9 Å². The van der Waals surface area contributed by atoms with Gasteiger partial charge in [0.2, 0.25) is 0 Å². The van der Waals surface area contributed by atoms with Crippen molar-refractivity contribution in [2.75, 3.05) is 13.7 Å². The average Bonchev–Trinajstić information content (AvgIpc) is 3.03. The quantitative estimate of drug-likeness (QED) is 0.768. The molecule has 1 aliphatic carbocycles. The highest BCUT2D eigenvalue weighted by Crippen LogP contribution is 2.40. The van der Waals surface area contributed by atoms with Gasteiger partial charge in [0.05, 0.1) is 30.8 Å². The molecule has 1 amide bonds. The zero-order chi connectivity index (χ0) is 18.1. The van der Waals surface area contributed by atoms with Crippen molar-refractivity contribution in [1.29, 1.82) is 0 Å². The number of hydrogen-bond donors (Lipinski definition) is 0. The third-order valence-corrected chi connectivity index (χ3v) is 6.11. The minimum Gasteiger partial charge on any atom is -0.469 e. The summed E-state index contributed by atoms with van der Waals surface area (Å²) in [7, 11) is 1.43. The fourth-order valence-corrected chi connectivity index (χ4v) is 4.62. The van der Waals surface area contributed by atoms with E-state index in [9.17, 15) is 9.59 Å². The van der Waals surface area contributed by atoms with Gasteiger partial charge in [-0.25, -0.2) is 0 Å². The molecule has 0 radical (unpaired) electrons. The second-order valence-electron chi connectivity index (χ2n) is 7.39. The standard InChI is InChI=1S/C19H29N3O3/c1-5-14(6-2)22-12(3)16(10-20-22)18(23)21-11-13-7-8-17(21)15(9-13)19(24)25-4/h10,13-15,17H,5-9,11H2,1-4H3/t13-,15-,17-/m0/s1. The summed E-state index contributed by atoms with van der Waals surface area (Å²) in [5.41, 5.74) is 1.60. The Morgan fingerprint density at radius 1 is 1.32 bits per heavy atom. The Morgan fingerprint density at radius 3 is 2.64 bits per heavy atom. The van der Waals surface area contributed by atoms with Gasteiger partial charge < -0.3 is 9.64 Å². The number of aromatic nitrogens is 2. The molecular weight excluding hydrogens is 318 g/mol. The van der Waals surface area contributed by atoms with Crippen molar-refractivity contribution in [1.82, 2.24) is 14.7 Å². The molecule has 0 unspecified atom stereocenters. The van der Waals surface area contributed by atoms with Crippen molar-refractivity contribution in [3.05, 3.63) is 17.5 Å². The lowest BCUT2D eigenvalue weighted by Crippen LogP contribution is -2.57. The lowest BCUT2D eigenvalue weighted by Gasteiger charge is -2.48. The van der Waals surface area contributed by atoms with Crippen molar-refractivity contribution in [3.63, 3.8) is 0 Å². The van der Waals surface area contributed by atoms with E-state index in [4.69, 9.17) is 4.74 Å². The number of carbonyl (C=O) groups is 2. The summed E-state index contributed by atoms with van der Waals surface area (Å²) in [4.78, 5) is 27.2. The largest absolute Gasteiger partial charge is 0.469 e. The van der Waals surface area contributed by atoms with Crippen LogP contribution in [0, 0.1) is 18.8 Å². The first-order valence-electron chi connectivity index (χ1n) is 9.44. The minimum absolute atomic E-state index is 0.0120. The number of carbonyl (C=O) groups excluding carboxylic acids is 2. The molecule has 1 saturated carbocycles. The summed E-state index contributed by atoms with van der Waals surface area (Å²) in [6, 6.07) is 0.281. The van der Waals surface area contributed by atoms with Gasteiger partial charge in [-0.3, -0.25) is 14.3 Å². The summed E-state index contributed by atoms with van der Waals surface area (Å²) in [6.07, 6.45) is 6.50. The Morgan fingerprint density at radius 2 is 2.04 bits per heavy atom. The van der Waals surface area contributed by atoms with Crippen molar-refractivity contribution in [2.24, 2.45) is 11.8 Å². The Labute approximate surface area is 149 Å². The third-order valence-electron chi connectivity index (χ3n) is 6.11.